The van der Waals surface area contributed by atoms with E-state index in [0.29, 0.717) is 0 Å². The fourth-order valence-electron chi connectivity index (χ4n) is 1.58. The molecule has 0 aliphatic heterocycles. The summed E-state index contributed by atoms with van der Waals surface area (Å²) in [6.07, 6.45) is 1.17. The number of nitrogens with zero attached hydrogens (tertiary/aromatic N) is 1. The van der Waals surface area contributed by atoms with Gasteiger partial charge in [-0.1, -0.05) is 20.8 Å². The third-order valence-corrected chi connectivity index (χ3v) is 2.63. The van der Waals surface area contributed by atoms with E-state index in [1.54, 1.807) is 20.8 Å². The van der Waals surface area contributed by atoms with Gasteiger partial charge in [-0.2, -0.15) is 0 Å². The lowest BCUT2D eigenvalue weighted by atomic mass is 9.87. The first-order valence-corrected chi connectivity index (χ1v) is 5.93. The number of amides is 1. The maximum Gasteiger partial charge on any atom is 0.328 e. The van der Waals surface area contributed by atoms with Gasteiger partial charge in [-0.05, 0) is 5.41 Å². The summed E-state index contributed by atoms with van der Waals surface area (Å²) in [6, 6.07) is 0.0288. The fourth-order valence-corrected chi connectivity index (χ4v) is 1.58. The van der Waals surface area contributed by atoms with Gasteiger partial charge in [0.2, 0.25) is 5.91 Å². The van der Waals surface area contributed by atoms with Crippen LogP contribution < -0.4 is 16.6 Å². The summed E-state index contributed by atoms with van der Waals surface area (Å²) in [6.45, 7) is 4.67. The molecule has 1 amide bonds. The maximum absolute atomic E-state index is 11.8. The van der Waals surface area contributed by atoms with Crippen molar-refractivity contribution in [2.24, 2.45) is 5.41 Å². The molecule has 1 unspecified atom stereocenters. The summed E-state index contributed by atoms with van der Waals surface area (Å²) in [4.78, 5) is 47.2. The van der Waals surface area contributed by atoms with Crippen LogP contribution >= 0.6 is 0 Å². The molecule has 0 saturated carbocycles. The summed E-state index contributed by atoms with van der Waals surface area (Å²) >= 11 is 0. The molecular weight excluding hydrogens is 266 g/mol. The lowest BCUT2D eigenvalue weighted by Crippen LogP contribution is -2.50. The number of carboxylic acid groups (broad SMARTS) is 1. The summed E-state index contributed by atoms with van der Waals surface area (Å²) in [5.41, 5.74) is -1.96. The molecule has 1 rings (SSSR count). The Hall–Kier alpha value is -2.38. The zero-order chi connectivity index (χ0) is 15.5. The third kappa shape index (κ3) is 4.08. The lowest BCUT2D eigenvalue weighted by Gasteiger charge is -2.27. The molecule has 1 heterocycles. The highest BCUT2D eigenvalue weighted by molar-refractivity contribution is 5.83. The minimum absolute atomic E-state index is 0.366. The Labute approximate surface area is 114 Å². The Balaban J connectivity index is 2.84. The summed E-state index contributed by atoms with van der Waals surface area (Å²) < 4.78 is 0.984. The molecule has 110 valence electrons. The Bertz CT molecular complexity index is 623. The summed E-state index contributed by atoms with van der Waals surface area (Å²) in [7, 11) is 0. The van der Waals surface area contributed by atoms with Crippen LogP contribution in [0.2, 0.25) is 0 Å². The second-order valence-electron chi connectivity index (χ2n) is 5.44. The van der Waals surface area contributed by atoms with Crippen molar-refractivity contribution in [3.05, 3.63) is 33.1 Å². The van der Waals surface area contributed by atoms with Crippen molar-refractivity contribution in [2.45, 2.75) is 33.4 Å². The molecule has 1 atom stereocenters. The van der Waals surface area contributed by atoms with E-state index in [-0.39, 0.29) is 6.54 Å². The van der Waals surface area contributed by atoms with Crippen molar-refractivity contribution < 1.29 is 14.7 Å². The number of rotatable bonds is 4. The van der Waals surface area contributed by atoms with Crippen molar-refractivity contribution in [1.29, 1.82) is 0 Å². The molecule has 8 heteroatoms. The van der Waals surface area contributed by atoms with Gasteiger partial charge in [-0.25, -0.2) is 9.59 Å². The Morgan fingerprint density at radius 2 is 2.00 bits per heavy atom. The van der Waals surface area contributed by atoms with E-state index >= 15 is 0 Å². The fraction of sp³-hybridized carbons (Fsp3) is 0.500. The summed E-state index contributed by atoms with van der Waals surface area (Å²) in [5, 5.41) is 11.4. The number of H-pyrrole nitrogens is 1. The molecule has 8 nitrogen and oxygen atoms in total. The van der Waals surface area contributed by atoms with Gasteiger partial charge in [0.25, 0.3) is 5.56 Å². The van der Waals surface area contributed by atoms with Crippen molar-refractivity contribution in [3.8, 4) is 0 Å². The third-order valence-electron chi connectivity index (χ3n) is 2.63. The van der Waals surface area contributed by atoms with Crippen LogP contribution in [0, 0.1) is 5.41 Å². The zero-order valence-corrected chi connectivity index (χ0v) is 11.5. The first-order chi connectivity index (χ1) is 9.11. The molecule has 1 aromatic heterocycles. The number of carboxylic acids is 1. The molecule has 0 aliphatic rings. The highest BCUT2D eigenvalue weighted by Crippen LogP contribution is 2.19. The molecule has 1 aromatic rings. The average Bonchev–Trinajstić information content (AvgIpc) is 2.28. The Kier molecular flexibility index (Phi) is 4.49. The van der Waals surface area contributed by atoms with E-state index in [0.717, 1.165) is 10.6 Å². The predicted octanol–water partition coefficient (Wildman–Crippen LogP) is -0.848. The number of aliphatic carboxylic acids is 1. The monoisotopic (exact) mass is 283 g/mol. The standard InChI is InChI=1S/C12H17N3O5/c1-12(2,3)9(10(18)19)13-8(17)6-15-5-4-7(16)14-11(15)20/h4-5,9H,6H2,1-3H3,(H,13,17)(H,18,19)(H,14,16,20). The quantitative estimate of drug-likeness (QED) is 0.664. The topological polar surface area (TPSA) is 121 Å². The molecule has 0 bridgehead atoms. The number of aromatic nitrogens is 2. The first kappa shape index (κ1) is 15.7. The van der Waals surface area contributed by atoms with Crippen LogP contribution in [0.25, 0.3) is 0 Å². The van der Waals surface area contributed by atoms with E-state index in [1.165, 1.54) is 6.20 Å². The Morgan fingerprint density at radius 1 is 1.40 bits per heavy atom. The minimum atomic E-state index is -1.15. The van der Waals surface area contributed by atoms with Gasteiger partial charge in [-0.3, -0.25) is 19.1 Å². The van der Waals surface area contributed by atoms with Gasteiger partial charge in [0.05, 0.1) is 0 Å². The van der Waals surface area contributed by atoms with Gasteiger partial charge in [0, 0.05) is 12.3 Å². The number of hydrogen-bond acceptors (Lipinski definition) is 4. The van der Waals surface area contributed by atoms with E-state index < -0.39 is 34.6 Å². The van der Waals surface area contributed by atoms with Crippen LogP contribution in [0.15, 0.2) is 21.9 Å². The van der Waals surface area contributed by atoms with Crippen LogP contribution in [0.3, 0.4) is 0 Å². The van der Waals surface area contributed by atoms with E-state index in [2.05, 4.69) is 5.32 Å². The predicted molar refractivity (Wildman–Crippen MR) is 70.3 cm³/mol. The molecular formula is C12H17N3O5. The van der Waals surface area contributed by atoms with E-state index in [9.17, 15) is 19.2 Å². The van der Waals surface area contributed by atoms with Crippen LogP contribution in [0.5, 0.6) is 0 Å². The number of nitrogens with one attached hydrogen (secondary N) is 2. The second-order valence-corrected chi connectivity index (χ2v) is 5.44. The average molecular weight is 283 g/mol. The number of carbonyl (C=O) groups is 2. The van der Waals surface area contributed by atoms with E-state index in [1.807, 2.05) is 4.98 Å². The smallest absolute Gasteiger partial charge is 0.328 e. The van der Waals surface area contributed by atoms with Gasteiger partial charge < -0.3 is 10.4 Å². The largest absolute Gasteiger partial charge is 0.480 e. The normalized spacial score (nSPS) is 12.8. The van der Waals surface area contributed by atoms with E-state index in [4.69, 9.17) is 5.11 Å². The molecule has 0 spiro atoms. The maximum atomic E-state index is 11.8. The highest BCUT2D eigenvalue weighted by Gasteiger charge is 2.32. The summed E-state index contributed by atoms with van der Waals surface area (Å²) in [5.74, 6) is -1.78. The van der Waals surface area contributed by atoms with Crippen molar-refractivity contribution in [2.75, 3.05) is 0 Å². The van der Waals surface area contributed by atoms with Crippen LogP contribution in [-0.2, 0) is 16.1 Å². The van der Waals surface area contributed by atoms with Crippen LogP contribution in [-0.4, -0.2) is 32.6 Å². The van der Waals surface area contributed by atoms with Crippen molar-refractivity contribution >= 4 is 11.9 Å². The molecule has 3 N–H and O–H groups in total. The molecule has 0 fully saturated rings. The SMILES string of the molecule is CC(C)(C)C(NC(=O)Cn1ccc(=O)[nH]c1=O)C(=O)O. The number of aromatic amines is 1. The van der Waals surface area contributed by atoms with Crippen molar-refractivity contribution in [3.63, 3.8) is 0 Å². The van der Waals surface area contributed by atoms with Gasteiger partial charge in [-0.15, -0.1) is 0 Å². The van der Waals surface area contributed by atoms with Crippen LogP contribution in [0.4, 0.5) is 0 Å². The minimum Gasteiger partial charge on any atom is -0.480 e. The van der Waals surface area contributed by atoms with Gasteiger partial charge in [0.15, 0.2) is 0 Å². The lowest BCUT2D eigenvalue weighted by molar-refractivity contribution is -0.145. The number of hydrogen-bond donors (Lipinski definition) is 3. The van der Waals surface area contributed by atoms with Crippen molar-refractivity contribution in [1.82, 2.24) is 14.9 Å². The first-order valence-electron chi connectivity index (χ1n) is 5.93. The second kappa shape index (κ2) is 5.72. The molecule has 0 radical (unpaired) electrons. The van der Waals surface area contributed by atoms with Gasteiger partial charge in [0.1, 0.15) is 12.6 Å². The highest BCUT2D eigenvalue weighted by atomic mass is 16.4. The molecule has 0 aromatic carbocycles. The molecule has 0 saturated heterocycles. The molecule has 20 heavy (non-hydrogen) atoms. The Morgan fingerprint density at radius 3 is 2.45 bits per heavy atom. The number of carbonyl (C=O) groups excluding carboxylic acids is 1. The van der Waals surface area contributed by atoms with Gasteiger partial charge >= 0.3 is 11.7 Å². The zero-order valence-electron chi connectivity index (χ0n) is 11.5. The van der Waals surface area contributed by atoms with Crippen LogP contribution in [0.1, 0.15) is 20.8 Å². The molecule has 0 aliphatic carbocycles.